The topological polar surface area (TPSA) is 43.4 Å². The maximum absolute atomic E-state index is 14.6. The van der Waals surface area contributed by atoms with Crippen LogP contribution in [0.15, 0.2) is 87.5 Å². The summed E-state index contributed by atoms with van der Waals surface area (Å²) in [5, 5.41) is -6.22. The molecule has 0 atom stereocenters. The minimum Gasteiger partial charge on any atom is -0.203 e. The van der Waals surface area contributed by atoms with Gasteiger partial charge < -0.3 is 0 Å². The van der Waals surface area contributed by atoms with Gasteiger partial charge in [0.2, 0.25) is 0 Å². The average molecular weight is 537 g/mol. The summed E-state index contributed by atoms with van der Waals surface area (Å²) >= 11 is 0. The predicted octanol–water partition coefficient (Wildman–Crippen LogP) is 7.65. The molecule has 190 valence electrons. The van der Waals surface area contributed by atoms with Crippen LogP contribution in [0, 0.1) is 20.8 Å². The molecule has 3 nitrogen and oxygen atoms in total. The fourth-order valence-electron chi connectivity index (χ4n) is 3.80. The minimum atomic E-state index is -6.63. The fraction of sp³-hybridized carbons (Fsp3) is 0.250. The van der Waals surface area contributed by atoms with Crippen molar-refractivity contribution >= 4 is 20.4 Å². The second-order valence-corrected chi connectivity index (χ2v) is 12.3. The lowest BCUT2D eigenvalue weighted by atomic mass is 10.1. The summed E-state index contributed by atoms with van der Waals surface area (Å²) in [5.41, 5.74) is 1.67. The highest BCUT2D eigenvalue weighted by atomic mass is 32.3. The lowest BCUT2D eigenvalue weighted by Gasteiger charge is -2.42. The molecule has 0 fully saturated rings. The highest BCUT2D eigenvalue weighted by Crippen LogP contribution is 2.72. The van der Waals surface area contributed by atoms with E-state index in [-0.39, 0.29) is 14.7 Å². The summed E-state index contributed by atoms with van der Waals surface area (Å²) in [5.74, 6) is -6.19. The third-order valence-corrected chi connectivity index (χ3v) is 10.7. The number of hydrogen-bond donors (Lipinski definition) is 0. The van der Waals surface area contributed by atoms with Gasteiger partial charge in [0.1, 0.15) is 0 Å². The number of aryl methyl sites for hydroxylation is 3. The van der Waals surface area contributed by atoms with E-state index in [0.717, 1.165) is 5.56 Å². The third-order valence-electron chi connectivity index (χ3n) is 5.21. The molecule has 0 N–H and O–H groups in total. The van der Waals surface area contributed by atoms with Gasteiger partial charge in [-0.1, -0.05) is 54.1 Å². The molecule has 0 aliphatic carbocycles. The minimum absolute atomic E-state index is 0.0981. The van der Waals surface area contributed by atoms with Gasteiger partial charge in [-0.05, 0) is 66.5 Å². The van der Waals surface area contributed by atoms with Gasteiger partial charge in [0.25, 0.3) is 0 Å². The second kappa shape index (κ2) is 9.51. The number of alkyl halides is 6. The maximum atomic E-state index is 14.6. The summed E-state index contributed by atoms with van der Waals surface area (Å²) in [6.45, 7) is 4.97. The molecule has 35 heavy (non-hydrogen) atoms. The summed E-state index contributed by atoms with van der Waals surface area (Å²) in [6, 6.07) is 18.2. The van der Waals surface area contributed by atoms with Crippen LogP contribution in [0.5, 0.6) is 0 Å². The Hall–Kier alpha value is -2.50. The van der Waals surface area contributed by atoms with Crippen molar-refractivity contribution in [1.29, 1.82) is 0 Å². The summed E-state index contributed by atoms with van der Waals surface area (Å²) in [7, 11) is -10.3. The van der Waals surface area contributed by atoms with Crippen LogP contribution in [0.3, 0.4) is 0 Å². The normalized spacial score (nSPS) is 13.8. The molecule has 0 saturated carbocycles. The van der Waals surface area contributed by atoms with Crippen molar-refractivity contribution in [2.75, 3.05) is 0 Å². The Bertz CT molecular complexity index is 1230. The zero-order valence-electron chi connectivity index (χ0n) is 18.8. The van der Waals surface area contributed by atoms with Crippen molar-refractivity contribution in [2.24, 2.45) is 0 Å². The predicted molar refractivity (Wildman–Crippen MR) is 122 cm³/mol. The SMILES string of the molecule is Cc1cc(C)c(S(OS(=O)(=O)C(F)(F)C(F)(F)C(F)F)(c2ccccc2)c2ccccc2)c(C)c1. The highest BCUT2D eigenvalue weighted by Gasteiger charge is 2.72. The molecular formula is C24H22F6O3S2. The third kappa shape index (κ3) is 4.56. The van der Waals surface area contributed by atoms with Crippen molar-refractivity contribution in [3.8, 4) is 0 Å². The molecule has 3 aromatic carbocycles. The molecule has 0 aliphatic heterocycles. The smallest absolute Gasteiger partial charge is 0.203 e. The summed E-state index contributed by atoms with van der Waals surface area (Å²) in [6.07, 6.45) is -4.95. The maximum Gasteiger partial charge on any atom is 0.438 e. The molecule has 0 unspecified atom stereocenters. The van der Waals surface area contributed by atoms with Crippen molar-refractivity contribution in [2.45, 2.75) is 53.1 Å². The highest BCUT2D eigenvalue weighted by molar-refractivity contribution is 8.33. The average Bonchev–Trinajstić information content (AvgIpc) is 2.78. The molecular weight excluding hydrogens is 514 g/mol. The van der Waals surface area contributed by atoms with Gasteiger partial charge in [0, 0.05) is 14.7 Å². The largest absolute Gasteiger partial charge is 0.438 e. The van der Waals surface area contributed by atoms with E-state index in [1.54, 1.807) is 45.0 Å². The van der Waals surface area contributed by atoms with Gasteiger partial charge in [0.15, 0.2) is 0 Å². The van der Waals surface area contributed by atoms with Crippen LogP contribution < -0.4 is 0 Å². The van der Waals surface area contributed by atoms with E-state index < -0.39 is 38.0 Å². The molecule has 0 spiro atoms. The van der Waals surface area contributed by atoms with Crippen molar-refractivity contribution < 1.29 is 38.4 Å². The van der Waals surface area contributed by atoms with Gasteiger partial charge >= 0.3 is 27.7 Å². The Kier molecular flexibility index (Phi) is 7.36. The van der Waals surface area contributed by atoms with E-state index in [9.17, 15) is 34.8 Å². The van der Waals surface area contributed by atoms with E-state index in [2.05, 4.69) is 0 Å². The van der Waals surface area contributed by atoms with E-state index in [0.29, 0.717) is 11.1 Å². The summed E-state index contributed by atoms with van der Waals surface area (Å²) < 4.78 is 114. The Morgan fingerprint density at radius 3 is 1.51 bits per heavy atom. The van der Waals surface area contributed by atoms with Gasteiger partial charge in [-0.25, -0.2) is 12.4 Å². The zero-order valence-corrected chi connectivity index (χ0v) is 20.4. The molecule has 11 heteroatoms. The van der Waals surface area contributed by atoms with Gasteiger partial charge in [-0.3, -0.25) is 0 Å². The van der Waals surface area contributed by atoms with Crippen molar-refractivity contribution in [3.63, 3.8) is 0 Å². The van der Waals surface area contributed by atoms with Crippen molar-refractivity contribution in [1.82, 2.24) is 0 Å². The molecule has 0 bridgehead atoms. The number of benzene rings is 3. The van der Waals surface area contributed by atoms with Crippen LogP contribution in [-0.4, -0.2) is 26.0 Å². The Balaban J connectivity index is 2.46. The molecule has 3 rings (SSSR count). The monoisotopic (exact) mass is 536 g/mol. The first-order valence-corrected chi connectivity index (χ1v) is 13.2. The first-order valence-electron chi connectivity index (χ1n) is 10.2. The summed E-state index contributed by atoms with van der Waals surface area (Å²) in [4.78, 5) is 0.377. The zero-order chi connectivity index (χ0) is 26.2. The van der Waals surface area contributed by atoms with Crippen LogP contribution in [0.2, 0.25) is 0 Å². The van der Waals surface area contributed by atoms with E-state index >= 15 is 0 Å². The first-order chi connectivity index (χ1) is 16.2. The van der Waals surface area contributed by atoms with E-state index in [1.807, 2.05) is 0 Å². The first kappa shape index (κ1) is 27.1. The lowest BCUT2D eigenvalue weighted by Crippen LogP contribution is -2.52. The van der Waals surface area contributed by atoms with Crippen LogP contribution in [0.4, 0.5) is 26.3 Å². The molecule has 0 aliphatic rings. The molecule has 0 aromatic heterocycles. The molecule has 0 radical (unpaired) electrons. The Morgan fingerprint density at radius 1 is 0.743 bits per heavy atom. The quantitative estimate of drug-likeness (QED) is 0.278. The Labute approximate surface area is 201 Å². The number of hydrogen-bond acceptors (Lipinski definition) is 3. The molecule has 3 aromatic rings. The number of rotatable bonds is 8. The second-order valence-electron chi connectivity index (χ2n) is 7.87. The van der Waals surface area contributed by atoms with Crippen LogP contribution in [-0.2, 0) is 13.7 Å². The standard InChI is InChI=1S/C24H22F6O3S2/c1-16-14-17(2)21(18(3)15-16)34(19-10-6-4-7-11-19,20-12-8-5-9-13-20)33-35(31,32)24(29,30)23(27,28)22(25)26/h4-15,22H,1-3H3. The van der Waals surface area contributed by atoms with E-state index in [4.69, 9.17) is 3.63 Å². The van der Waals surface area contributed by atoms with E-state index in [1.165, 1.54) is 48.5 Å². The number of halogens is 6. The van der Waals surface area contributed by atoms with Crippen LogP contribution in [0.1, 0.15) is 16.7 Å². The Morgan fingerprint density at radius 2 is 1.14 bits per heavy atom. The van der Waals surface area contributed by atoms with Gasteiger partial charge in [-0.2, -0.15) is 26.0 Å². The van der Waals surface area contributed by atoms with Gasteiger partial charge in [0.05, 0.1) is 0 Å². The van der Waals surface area contributed by atoms with Crippen LogP contribution >= 0.6 is 10.3 Å². The lowest BCUT2D eigenvalue weighted by molar-refractivity contribution is -0.227. The fourth-order valence-corrected chi connectivity index (χ4v) is 9.39. The van der Waals surface area contributed by atoms with Gasteiger partial charge in [-0.15, -0.1) is 0 Å². The molecule has 0 heterocycles. The van der Waals surface area contributed by atoms with Crippen LogP contribution in [0.25, 0.3) is 0 Å². The molecule has 0 amide bonds. The van der Waals surface area contributed by atoms with Crippen molar-refractivity contribution in [3.05, 3.63) is 89.5 Å². The molecule has 0 saturated heterocycles.